The third-order valence-corrected chi connectivity index (χ3v) is 10.4. The minimum Gasteiger partial charge on any atom is -0.383 e. The molecule has 0 spiro atoms. The Morgan fingerprint density at radius 3 is 2.54 bits per heavy atom. The van der Waals surface area contributed by atoms with Gasteiger partial charge in [0.2, 0.25) is 10.0 Å². The summed E-state index contributed by atoms with van der Waals surface area (Å²) in [5, 5.41) is 6.92. The smallest absolute Gasteiger partial charge is 0.261 e. The molecule has 37 heavy (non-hydrogen) atoms. The van der Waals surface area contributed by atoms with Gasteiger partial charge in [-0.3, -0.25) is 9.48 Å². The molecule has 4 N–H and O–H groups in total. The normalized spacial score (nSPS) is 26.4. The highest BCUT2D eigenvalue weighted by Crippen LogP contribution is 2.53. The number of sulfonamides is 1. The molecule has 2 aliphatic carbocycles. The number of amides is 1. The number of anilines is 2. The second-order valence-corrected chi connectivity index (χ2v) is 13.0. The Labute approximate surface area is 221 Å². The van der Waals surface area contributed by atoms with Crippen molar-refractivity contribution in [3.8, 4) is 0 Å². The lowest BCUT2D eigenvalue weighted by Crippen LogP contribution is -2.39. The van der Waals surface area contributed by atoms with E-state index in [9.17, 15) is 17.6 Å². The summed E-state index contributed by atoms with van der Waals surface area (Å²) in [6.07, 6.45) is 4.76. The minimum atomic E-state index is -3.33. The second kappa shape index (κ2) is 10.5. The van der Waals surface area contributed by atoms with Crippen LogP contribution in [0, 0.1) is 23.6 Å². The number of aromatic nitrogens is 2. The fourth-order valence-corrected chi connectivity index (χ4v) is 8.01. The van der Waals surface area contributed by atoms with E-state index in [2.05, 4.69) is 15.1 Å². The average Bonchev–Trinajstić information content (AvgIpc) is 3.52. The SMILES string of the molecule is Cn1nc(C2CC3CC(CNS(=O)(=O)C4CCOCC4)CC3C2)c(C(=O)Nc2ccc(F)c(Cl)c2)c1N. The Bertz CT molecular complexity index is 1270. The number of carbonyl (C=O) groups is 1. The van der Waals surface area contributed by atoms with E-state index in [1.807, 2.05) is 0 Å². The summed E-state index contributed by atoms with van der Waals surface area (Å²) in [6, 6.07) is 4.00. The summed E-state index contributed by atoms with van der Waals surface area (Å²) in [4.78, 5) is 13.2. The van der Waals surface area contributed by atoms with Crippen LogP contribution < -0.4 is 15.8 Å². The van der Waals surface area contributed by atoms with Gasteiger partial charge in [0.1, 0.15) is 17.2 Å². The van der Waals surface area contributed by atoms with Crippen LogP contribution in [0.4, 0.5) is 15.9 Å². The Morgan fingerprint density at radius 1 is 1.22 bits per heavy atom. The molecule has 0 bridgehead atoms. The molecule has 0 radical (unpaired) electrons. The summed E-state index contributed by atoms with van der Waals surface area (Å²) in [6.45, 7) is 1.47. The zero-order valence-corrected chi connectivity index (χ0v) is 22.3. The van der Waals surface area contributed by atoms with Gasteiger partial charge in [0.05, 0.1) is 16.0 Å². The maximum absolute atomic E-state index is 13.5. The lowest BCUT2D eigenvalue weighted by molar-refractivity contribution is 0.0981. The van der Waals surface area contributed by atoms with E-state index in [1.54, 1.807) is 7.05 Å². The van der Waals surface area contributed by atoms with Gasteiger partial charge in [-0.25, -0.2) is 17.5 Å². The van der Waals surface area contributed by atoms with E-state index in [0.717, 1.165) is 25.7 Å². The molecule has 9 nitrogen and oxygen atoms in total. The van der Waals surface area contributed by atoms with Crippen molar-refractivity contribution in [1.29, 1.82) is 0 Å². The van der Waals surface area contributed by atoms with E-state index >= 15 is 0 Å². The number of nitrogens with two attached hydrogens (primary N) is 1. The van der Waals surface area contributed by atoms with Crippen LogP contribution in [0.5, 0.6) is 0 Å². The molecular weight excluding hydrogens is 521 g/mol. The fraction of sp³-hybridized carbons (Fsp3) is 0.600. The van der Waals surface area contributed by atoms with Gasteiger partial charge in [0, 0.05) is 38.4 Å². The zero-order valence-electron chi connectivity index (χ0n) is 20.8. The number of aryl methyl sites for hydroxylation is 1. The highest BCUT2D eigenvalue weighted by molar-refractivity contribution is 7.90. The number of fused-ring (bicyclic) bond motifs is 1. The molecule has 2 unspecified atom stereocenters. The first-order valence-electron chi connectivity index (χ1n) is 12.8. The van der Waals surface area contributed by atoms with Crippen molar-refractivity contribution < 1.29 is 22.3 Å². The van der Waals surface area contributed by atoms with Crippen molar-refractivity contribution in [3.63, 3.8) is 0 Å². The molecule has 2 aromatic rings. The number of halogens is 2. The van der Waals surface area contributed by atoms with Crippen LogP contribution in [0.15, 0.2) is 18.2 Å². The summed E-state index contributed by atoms with van der Waals surface area (Å²) in [5.74, 6) is 0.629. The average molecular weight is 554 g/mol. The molecule has 202 valence electrons. The van der Waals surface area contributed by atoms with E-state index in [0.29, 0.717) is 67.3 Å². The number of rotatable bonds is 7. The van der Waals surface area contributed by atoms with Crippen LogP contribution in [-0.2, 0) is 21.8 Å². The van der Waals surface area contributed by atoms with E-state index in [1.165, 1.54) is 22.9 Å². The molecule has 12 heteroatoms. The van der Waals surface area contributed by atoms with Gasteiger partial charge in [-0.2, -0.15) is 5.10 Å². The fourth-order valence-electron chi connectivity index (χ4n) is 6.31. The van der Waals surface area contributed by atoms with E-state index < -0.39 is 21.7 Å². The van der Waals surface area contributed by atoms with Crippen LogP contribution in [0.3, 0.4) is 0 Å². The van der Waals surface area contributed by atoms with Crippen LogP contribution in [0.1, 0.15) is 60.5 Å². The first-order valence-corrected chi connectivity index (χ1v) is 14.7. The number of hydrogen-bond acceptors (Lipinski definition) is 6. The van der Waals surface area contributed by atoms with Crippen LogP contribution in [0.2, 0.25) is 5.02 Å². The Kier molecular flexibility index (Phi) is 7.50. The third kappa shape index (κ3) is 5.50. The number of nitrogens with one attached hydrogen (secondary N) is 2. The van der Waals surface area contributed by atoms with Crippen LogP contribution in [0.25, 0.3) is 0 Å². The predicted octanol–water partition coefficient (Wildman–Crippen LogP) is 3.67. The molecule has 3 fully saturated rings. The Morgan fingerprint density at radius 2 is 1.89 bits per heavy atom. The van der Waals surface area contributed by atoms with Crippen molar-refractivity contribution in [3.05, 3.63) is 40.3 Å². The van der Waals surface area contributed by atoms with Crippen LogP contribution in [-0.4, -0.2) is 49.1 Å². The molecular formula is C25H33ClFN5O4S. The molecule has 1 aromatic heterocycles. The Hall–Kier alpha value is -2.21. The number of ether oxygens (including phenoxy) is 1. The molecule has 1 aromatic carbocycles. The highest BCUT2D eigenvalue weighted by atomic mass is 35.5. The standard InChI is InChI=1S/C25H33ClFN5O4S/c1-32-24(28)22(25(33)30-18-2-3-21(27)20(26)12-18)23(31-32)17-10-15-8-14(9-16(15)11-17)13-29-37(34,35)19-4-6-36-7-5-19/h2-3,12,14-17,19,29H,4-11,13,28H2,1H3,(H,30,33). The molecule has 2 heterocycles. The van der Waals surface area contributed by atoms with Gasteiger partial charge in [0.25, 0.3) is 5.91 Å². The van der Waals surface area contributed by atoms with Crippen molar-refractivity contribution in [2.45, 2.75) is 49.7 Å². The predicted molar refractivity (Wildman–Crippen MR) is 139 cm³/mol. The van der Waals surface area contributed by atoms with Gasteiger partial charge >= 0.3 is 0 Å². The summed E-state index contributed by atoms with van der Waals surface area (Å²) < 4.78 is 48.5. The Balaban J connectivity index is 1.21. The summed E-state index contributed by atoms with van der Waals surface area (Å²) in [7, 11) is -1.62. The molecule has 1 saturated heterocycles. The maximum Gasteiger partial charge on any atom is 0.261 e. The van der Waals surface area contributed by atoms with Crippen molar-refractivity contribution in [1.82, 2.24) is 14.5 Å². The van der Waals surface area contributed by atoms with E-state index in [-0.39, 0.29) is 22.0 Å². The minimum absolute atomic E-state index is 0.0783. The van der Waals surface area contributed by atoms with Gasteiger partial charge in [-0.15, -0.1) is 0 Å². The lowest BCUT2D eigenvalue weighted by atomic mass is 9.93. The van der Waals surface area contributed by atoms with Gasteiger partial charge in [-0.05, 0) is 74.5 Å². The van der Waals surface area contributed by atoms with Gasteiger partial charge in [0.15, 0.2) is 0 Å². The number of hydrogen-bond donors (Lipinski definition) is 3. The van der Waals surface area contributed by atoms with E-state index in [4.69, 9.17) is 22.1 Å². The third-order valence-electron chi connectivity index (χ3n) is 8.20. The monoisotopic (exact) mass is 553 g/mol. The molecule has 2 atom stereocenters. The maximum atomic E-state index is 13.5. The summed E-state index contributed by atoms with van der Waals surface area (Å²) >= 11 is 5.86. The van der Waals surface area contributed by atoms with Crippen molar-refractivity contribution in [2.75, 3.05) is 30.8 Å². The molecule has 3 aliphatic rings. The number of benzene rings is 1. The number of carbonyl (C=O) groups excluding carboxylic acids is 1. The zero-order chi connectivity index (χ0) is 26.3. The quantitative estimate of drug-likeness (QED) is 0.480. The van der Waals surface area contributed by atoms with Gasteiger partial charge in [-0.1, -0.05) is 11.6 Å². The van der Waals surface area contributed by atoms with Gasteiger partial charge < -0.3 is 15.8 Å². The molecule has 1 aliphatic heterocycles. The number of nitrogens with zero attached hydrogens (tertiary/aromatic N) is 2. The largest absolute Gasteiger partial charge is 0.383 e. The molecule has 2 saturated carbocycles. The first kappa shape index (κ1) is 26.4. The lowest BCUT2D eigenvalue weighted by Gasteiger charge is -2.23. The summed E-state index contributed by atoms with van der Waals surface area (Å²) in [5.41, 5.74) is 7.63. The van der Waals surface area contributed by atoms with Crippen molar-refractivity contribution in [2.24, 2.45) is 24.8 Å². The highest BCUT2D eigenvalue weighted by Gasteiger charge is 2.44. The topological polar surface area (TPSA) is 128 Å². The first-order chi connectivity index (χ1) is 17.6. The second-order valence-electron chi connectivity index (χ2n) is 10.6. The van der Waals surface area contributed by atoms with Crippen molar-refractivity contribution >= 4 is 39.0 Å². The molecule has 1 amide bonds. The number of nitrogen functional groups attached to an aromatic ring is 1. The molecule has 5 rings (SSSR count). The van der Waals surface area contributed by atoms with Crippen LogP contribution >= 0.6 is 11.6 Å².